The van der Waals surface area contributed by atoms with Crippen LogP contribution in [0.2, 0.25) is 0 Å². The van der Waals surface area contributed by atoms with Gasteiger partial charge < -0.3 is 4.40 Å². The van der Waals surface area contributed by atoms with Crippen LogP contribution >= 0.6 is 15.9 Å². The first-order valence-corrected chi connectivity index (χ1v) is 6.12. The van der Waals surface area contributed by atoms with Crippen molar-refractivity contribution in [3.8, 4) is 11.4 Å². The summed E-state index contributed by atoms with van der Waals surface area (Å²) >= 11 is 3.33. The molecule has 5 heteroatoms. The fraction of sp³-hybridized carbons (Fsp3) is 0. The standard InChI is InChI=1S/C13H8BrN3O/c14-12-3-1-2-10(15-12)11-7-17-5-4-9(8-18)6-13(17)16-11/h1-8H. The minimum atomic E-state index is 0.613. The molecule has 0 saturated heterocycles. The number of carbonyl (C=O) groups is 1. The van der Waals surface area contributed by atoms with E-state index in [0.717, 1.165) is 27.9 Å². The number of aldehydes is 1. The largest absolute Gasteiger partial charge is 0.306 e. The number of hydrogen-bond acceptors (Lipinski definition) is 3. The van der Waals surface area contributed by atoms with E-state index in [2.05, 4.69) is 25.9 Å². The fourth-order valence-electron chi connectivity index (χ4n) is 1.75. The SMILES string of the molecule is O=Cc1ccn2cc(-c3cccc(Br)n3)nc2c1. The molecule has 0 amide bonds. The summed E-state index contributed by atoms with van der Waals surface area (Å²) in [7, 11) is 0. The second-order valence-corrected chi connectivity index (χ2v) is 4.63. The number of hydrogen-bond donors (Lipinski definition) is 0. The van der Waals surface area contributed by atoms with E-state index < -0.39 is 0 Å². The highest BCUT2D eigenvalue weighted by Gasteiger charge is 2.06. The van der Waals surface area contributed by atoms with E-state index in [4.69, 9.17) is 0 Å². The topological polar surface area (TPSA) is 47.3 Å². The minimum absolute atomic E-state index is 0.613. The van der Waals surface area contributed by atoms with Crippen molar-refractivity contribution < 1.29 is 4.79 Å². The maximum atomic E-state index is 10.7. The summed E-state index contributed by atoms with van der Waals surface area (Å²) in [5, 5.41) is 0. The number of pyridine rings is 2. The third-order valence-corrected chi connectivity index (χ3v) is 3.04. The van der Waals surface area contributed by atoms with Crippen LogP contribution in [0.15, 0.2) is 47.3 Å². The molecule has 3 aromatic heterocycles. The molecule has 0 spiro atoms. The van der Waals surface area contributed by atoms with E-state index >= 15 is 0 Å². The van der Waals surface area contributed by atoms with Crippen LogP contribution in [0.1, 0.15) is 10.4 Å². The summed E-state index contributed by atoms with van der Waals surface area (Å²) in [6.07, 6.45) is 4.51. The van der Waals surface area contributed by atoms with Gasteiger partial charge in [0.15, 0.2) is 0 Å². The van der Waals surface area contributed by atoms with Crippen LogP contribution in [0.4, 0.5) is 0 Å². The van der Waals surface area contributed by atoms with Crippen LogP contribution in [0.3, 0.4) is 0 Å². The van der Waals surface area contributed by atoms with E-state index in [1.807, 2.05) is 35.0 Å². The molecule has 3 rings (SSSR count). The van der Waals surface area contributed by atoms with Crippen molar-refractivity contribution in [1.29, 1.82) is 0 Å². The molecule has 0 N–H and O–H groups in total. The number of nitrogens with zero attached hydrogens (tertiary/aromatic N) is 3. The van der Waals surface area contributed by atoms with Gasteiger partial charge in [0, 0.05) is 18.0 Å². The monoisotopic (exact) mass is 301 g/mol. The molecule has 0 aliphatic heterocycles. The van der Waals surface area contributed by atoms with Gasteiger partial charge in [0.25, 0.3) is 0 Å². The third-order valence-electron chi connectivity index (χ3n) is 2.60. The highest BCUT2D eigenvalue weighted by Crippen LogP contribution is 2.19. The molecule has 4 nitrogen and oxygen atoms in total. The van der Waals surface area contributed by atoms with Gasteiger partial charge in [-0.1, -0.05) is 6.07 Å². The van der Waals surface area contributed by atoms with Crippen LogP contribution in [0.25, 0.3) is 17.0 Å². The number of rotatable bonds is 2. The molecule has 3 aromatic rings. The van der Waals surface area contributed by atoms with Gasteiger partial charge in [0.05, 0.1) is 5.69 Å². The summed E-state index contributed by atoms with van der Waals surface area (Å²) in [4.78, 5) is 19.5. The summed E-state index contributed by atoms with van der Waals surface area (Å²) in [6, 6.07) is 9.17. The van der Waals surface area contributed by atoms with Crippen LogP contribution in [0, 0.1) is 0 Å². The van der Waals surface area contributed by atoms with Crippen molar-refractivity contribution in [3.63, 3.8) is 0 Å². The highest BCUT2D eigenvalue weighted by atomic mass is 79.9. The van der Waals surface area contributed by atoms with Crippen LogP contribution in [-0.4, -0.2) is 20.7 Å². The Morgan fingerprint density at radius 2 is 2.06 bits per heavy atom. The molecule has 0 fully saturated rings. The van der Waals surface area contributed by atoms with Crippen molar-refractivity contribution in [2.75, 3.05) is 0 Å². The molecular formula is C13H8BrN3O. The summed E-state index contributed by atoms with van der Waals surface area (Å²) in [6.45, 7) is 0. The zero-order valence-corrected chi connectivity index (χ0v) is 10.8. The van der Waals surface area contributed by atoms with Crippen LogP contribution < -0.4 is 0 Å². The van der Waals surface area contributed by atoms with E-state index in [0.29, 0.717) is 5.56 Å². The number of fused-ring (bicyclic) bond motifs is 1. The number of halogens is 1. The second-order valence-electron chi connectivity index (χ2n) is 3.82. The molecule has 0 unspecified atom stereocenters. The van der Waals surface area contributed by atoms with Gasteiger partial charge in [0.1, 0.15) is 22.2 Å². The van der Waals surface area contributed by atoms with Crippen molar-refractivity contribution in [2.24, 2.45) is 0 Å². The Balaban J connectivity index is 2.16. The van der Waals surface area contributed by atoms with Gasteiger partial charge in [-0.05, 0) is 40.2 Å². The first kappa shape index (κ1) is 11.1. The predicted molar refractivity (Wildman–Crippen MR) is 71.5 cm³/mol. The average Bonchev–Trinajstić information content (AvgIpc) is 2.81. The quantitative estimate of drug-likeness (QED) is 0.540. The first-order valence-electron chi connectivity index (χ1n) is 5.33. The third kappa shape index (κ3) is 1.93. The van der Waals surface area contributed by atoms with Crippen molar-refractivity contribution in [2.45, 2.75) is 0 Å². The fourth-order valence-corrected chi connectivity index (χ4v) is 2.09. The predicted octanol–water partition coefficient (Wildman–Crippen LogP) is 2.97. The molecule has 0 saturated carbocycles. The normalized spacial score (nSPS) is 10.7. The lowest BCUT2D eigenvalue weighted by atomic mass is 10.3. The number of carbonyl (C=O) groups excluding carboxylic acids is 1. The van der Waals surface area contributed by atoms with Gasteiger partial charge >= 0.3 is 0 Å². The Kier molecular flexibility index (Phi) is 2.68. The van der Waals surface area contributed by atoms with Gasteiger partial charge in [0.2, 0.25) is 0 Å². The van der Waals surface area contributed by atoms with E-state index in [1.165, 1.54) is 0 Å². The maximum absolute atomic E-state index is 10.7. The average molecular weight is 302 g/mol. The summed E-state index contributed by atoms with van der Waals surface area (Å²) in [5.74, 6) is 0. The summed E-state index contributed by atoms with van der Waals surface area (Å²) < 4.78 is 2.64. The summed E-state index contributed by atoms with van der Waals surface area (Å²) in [5.41, 5.74) is 2.92. The van der Waals surface area contributed by atoms with E-state index in [9.17, 15) is 4.79 Å². The smallest absolute Gasteiger partial charge is 0.150 e. The first-order chi connectivity index (χ1) is 8.76. The van der Waals surface area contributed by atoms with Gasteiger partial charge in [-0.2, -0.15) is 0 Å². The zero-order valence-electron chi connectivity index (χ0n) is 9.25. The van der Waals surface area contributed by atoms with Crippen molar-refractivity contribution in [1.82, 2.24) is 14.4 Å². The molecule has 0 aliphatic rings. The lowest BCUT2D eigenvalue weighted by molar-refractivity contribution is 0.112. The number of aromatic nitrogens is 3. The Morgan fingerprint density at radius 1 is 1.17 bits per heavy atom. The minimum Gasteiger partial charge on any atom is -0.306 e. The van der Waals surface area contributed by atoms with Crippen LogP contribution in [-0.2, 0) is 0 Å². The van der Waals surface area contributed by atoms with E-state index in [1.54, 1.807) is 12.1 Å². The van der Waals surface area contributed by atoms with Crippen molar-refractivity contribution in [3.05, 3.63) is 52.9 Å². The Morgan fingerprint density at radius 3 is 2.83 bits per heavy atom. The molecule has 88 valence electrons. The van der Waals surface area contributed by atoms with Gasteiger partial charge in [-0.15, -0.1) is 0 Å². The van der Waals surface area contributed by atoms with Crippen molar-refractivity contribution >= 4 is 27.9 Å². The molecule has 0 aromatic carbocycles. The number of imidazole rings is 1. The molecule has 0 bridgehead atoms. The van der Waals surface area contributed by atoms with Gasteiger partial charge in [-0.3, -0.25) is 4.79 Å². The Bertz CT molecular complexity index is 736. The molecule has 0 aliphatic carbocycles. The maximum Gasteiger partial charge on any atom is 0.150 e. The molecule has 0 atom stereocenters. The molecule has 0 radical (unpaired) electrons. The molecule has 18 heavy (non-hydrogen) atoms. The Labute approximate surface area is 111 Å². The van der Waals surface area contributed by atoms with E-state index in [-0.39, 0.29) is 0 Å². The Hall–Kier alpha value is -2.01. The lowest BCUT2D eigenvalue weighted by Crippen LogP contribution is -1.85. The molecule has 3 heterocycles. The lowest BCUT2D eigenvalue weighted by Gasteiger charge is -1.94. The molecular weight excluding hydrogens is 294 g/mol. The zero-order chi connectivity index (χ0) is 12.5. The highest BCUT2D eigenvalue weighted by molar-refractivity contribution is 9.10. The van der Waals surface area contributed by atoms with Gasteiger partial charge in [-0.25, -0.2) is 9.97 Å². The second kappa shape index (κ2) is 4.34. The van der Waals surface area contributed by atoms with Crippen LogP contribution in [0.5, 0.6) is 0 Å².